The van der Waals surface area contributed by atoms with Crippen molar-refractivity contribution in [2.45, 2.75) is 12.8 Å². The van der Waals surface area contributed by atoms with Gasteiger partial charge in [0.25, 0.3) is 0 Å². The summed E-state index contributed by atoms with van der Waals surface area (Å²) in [5.74, 6) is 0. The molecular formula is C18H22N2O2. The van der Waals surface area contributed by atoms with Crippen LogP contribution in [0.25, 0.3) is 11.1 Å². The molecule has 1 amide bonds. The summed E-state index contributed by atoms with van der Waals surface area (Å²) >= 11 is 0. The van der Waals surface area contributed by atoms with Gasteiger partial charge >= 0.3 is 6.09 Å². The molecule has 22 heavy (non-hydrogen) atoms. The van der Waals surface area contributed by atoms with Gasteiger partial charge < -0.3 is 10.1 Å². The maximum Gasteiger partial charge on any atom is 0.411 e. The van der Waals surface area contributed by atoms with E-state index < -0.39 is 6.09 Å². The molecule has 0 atom stereocenters. The first kappa shape index (κ1) is 16.0. The summed E-state index contributed by atoms with van der Waals surface area (Å²) in [6, 6.07) is 17.5. The molecule has 2 aromatic rings. The number of nitrogens with one attached hydrogen (secondary N) is 2. The van der Waals surface area contributed by atoms with E-state index >= 15 is 0 Å². The minimum atomic E-state index is -0.464. The van der Waals surface area contributed by atoms with Gasteiger partial charge in [0.2, 0.25) is 0 Å². The third-order valence-electron chi connectivity index (χ3n) is 3.39. The number of rotatable bonds is 2. The molecule has 4 heteroatoms. The topological polar surface area (TPSA) is 50.4 Å². The Hall–Kier alpha value is -2.33. The van der Waals surface area contributed by atoms with Crippen molar-refractivity contribution in [3.63, 3.8) is 0 Å². The highest BCUT2D eigenvalue weighted by Gasteiger charge is 2.07. The van der Waals surface area contributed by atoms with Crippen molar-refractivity contribution < 1.29 is 9.53 Å². The minimum absolute atomic E-state index is 0.464. The van der Waals surface area contributed by atoms with Gasteiger partial charge in [-0.05, 0) is 37.6 Å². The quantitative estimate of drug-likeness (QED) is 0.884. The van der Waals surface area contributed by atoms with Gasteiger partial charge in [0, 0.05) is 5.56 Å². The number of carbonyl (C=O) groups excluding carboxylic acids is 1. The molecule has 0 unspecified atom stereocenters. The second kappa shape index (κ2) is 8.85. The summed E-state index contributed by atoms with van der Waals surface area (Å²) in [4.78, 5) is 11.2. The van der Waals surface area contributed by atoms with Crippen LogP contribution < -0.4 is 10.6 Å². The van der Waals surface area contributed by atoms with E-state index in [4.69, 9.17) is 0 Å². The van der Waals surface area contributed by atoms with Crippen LogP contribution in [0.3, 0.4) is 0 Å². The van der Waals surface area contributed by atoms with Crippen LogP contribution in [-0.2, 0) is 4.74 Å². The summed E-state index contributed by atoms with van der Waals surface area (Å²) in [5, 5.41) is 5.92. The summed E-state index contributed by atoms with van der Waals surface area (Å²) in [7, 11) is 1.35. The van der Waals surface area contributed by atoms with Crippen molar-refractivity contribution in [2.75, 3.05) is 25.5 Å². The first-order valence-corrected chi connectivity index (χ1v) is 7.51. The molecule has 1 heterocycles. The Balaban J connectivity index is 0.000000299. The Morgan fingerprint density at radius 3 is 2.23 bits per heavy atom. The lowest BCUT2D eigenvalue weighted by atomic mass is 10.0. The van der Waals surface area contributed by atoms with Crippen LogP contribution in [0.2, 0.25) is 0 Å². The third-order valence-corrected chi connectivity index (χ3v) is 3.39. The lowest BCUT2D eigenvalue weighted by Gasteiger charge is -2.10. The van der Waals surface area contributed by atoms with Crippen molar-refractivity contribution in [3.05, 3.63) is 54.6 Å². The van der Waals surface area contributed by atoms with Gasteiger partial charge in [-0.1, -0.05) is 48.5 Å². The summed E-state index contributed by atoms with van der Waals surface area (Å²) in [5.41, 5.74) is 2.77. The van der Waals surface area contributed by atoms with Crippen LogP contribution in [0.15, 0.2) is 54.6 Å². The SMILES string of the molecule is C1CCNC1.COC(=O)Nc1ccccc1-c1ccccc1. The Kier molecular flexibility index (Phi) is 6.45. The fourth-order valence-electron chi connectivity index (χ4n) is 2.25. The van der Waals surface area contributed by atoms with E-state index in [0.717, 1.165) is 16.8 Å². The van der Waals surface area contributed by atoms with Crippen molar-refractivity contribution in [1.29, 1.82) is 0 Å². The molecular weight excluding hydrogens is 276 g/mol. The van der Waals surface area contributed by atoms with Gasteiger partial charge in [0.15, 0.2) is 0 Å². The molecule has 0 radical (unpaired) electrons. The van der Waals surface area contributed by atoms with Crippen LogP contribution in [0.5, 0.6) is 0 Å². The fourth-order valence-corrected chi connectivity index (χ4v) is 2.25. The Labute approximate surface area is 131 Å². The van der Waals surface area contributed by atoms with Gasteiger partial charge in [0.1, 0.15) is 0 Å². The zero-order valence-electron chi connectivity index (χ0n) is 12.8. The normalized spacial score (nSPS) is 13.0. The van der Waals surface area contributed by atoms with E-state index in [-0.39, 0.29) is 0 Å². The minimum Gasteiger partial charge on any atom is -0.453 e. The third kappa shape index (κ3) is 4.90. The van der Waals surface area contributed by atoms with Crippen LogP contribution in [0, 0.1) is 0 Å². The molecule has 4 nitrogen and oxygen atoms in total. The molecule has 1 saturated heterocycles. The number of amides is 1. The molecule has 0 aliphatic carbocycles. The standard InChI is InChI=1S/C14H13NO2.C4H9N/c1-17-14(16)15-13-10-6-5-9-12(13)11-7-3-2-4-8-11;1-2-4-5-3-1/h2-10H,1H3,(H,15,16);5H,1-4H2. The van der Waals surface area contributed by atoms with Crippen LogP contribution >= 0.6 is 0 Å². The first-order valence-electron chi connectivity index (χ1n) is 7.51. The molecule has 0 saturated carbocycles. The molecule has 3 rings (SSSR count). The molecule has 1 fully saturated rings. The molecule has 1 aliphatic heterocycles. The van der Waals surface area contributed by atoms with Gasteiger partial charge in [0.05, 0.1) is 12.8 Å². The van der Waals surface area contributed by atoms with E-state index in [1.807, 2.05) is 54.6 Å². The summed E-state index contributed by atoms with van der Waals surface area (Å²) in [6.45, 7) is 2.50. The van der Waals surface area contributed by atoms with Crippen molar-refractivity contribution >= 4 is 11.8 Å². The molecule has 2 aromatic carbocycles. The number of anilines is 1. The molecule has 0 aromatic heterocycles. The Morgan fingerprint density at radius 1 is 1.00 bits per heavy atom. The molecule has 2 N–H and O–H groups in total. The number of hydrogen-bond donors (Lipinski definition) is 2. The van der Waals surface area contributed by atoms with Gasteiger partial charge in [-0.3, -0.25) is 5.32 Å². The predicted octanol–water partition coefficient (Wildman–Crippen LogP) is 3.90. The number of carbonyl (C=O) groups is 1. The fraction of sp³-hybridized carbons (Fsp3) is 0.278. The first-order chi connectivity index (χ1) is 10.8. The van der Waals surface area contributed by atoms with E-state index in [2.05, 4.69) is 15.4 Å². The maximum atomic E-state index is 11.2. The lowest BCUT2D eigenvalue weighted by molar-refractivity contribution is 0.187. The van der Waals surface area contributed by atoms with Crippen LogP contribution in [0.1, 0.15) is 12.8 Å². The van der Waals surface area contributed by atoms with Crippen molar-refractivity contribution in [2.24, 2.45) is 0 Å². The van der Waals surface area contributed by atoms with Crippen molar-refractivity contribution in [3.8, 4) is 11.1 Å². The van der Waals surface area contributed by atoms with Crippen molar-refractivity contribution in [1.82, 2.24) is 5.32 Å². The monoisotopic (exact) mass is 298 g/mol. The van der Waals surface area contributed by atoms with Crippen LogP contribution in [-0.4, -0.2) is 26.3 Å². The second-order valence-electron chi connectivity index (χ2n) is 4.99. The summed E-state index contributed by atoms with van der Waals surface area (Å²) in [6.07, 6.45) is 2.31. The predicted molar refractivity (Wildman–Crippen MR) is 90.0 cm³/mol. The highest BCUT2D eigenvalue weighted by Crippen LogP contribution is 2.27. The number of para-hydroxylation sites is 1. The lowest BCUT2D eigenvalue weighted by Crippen LogP contribution is -2.11. The average Bonchev–Trinajstić information content (AvgIpc) is 3.16. The largest absolute Gasteiger partial charge is 0.453 e. The smallest absolute Gasteiger partial charge is 0.411 e. The summed E-state index contributed by atoms with van der Waals surface area (Å²) < 4.78 is 4.59. The van der Waals surface area contributed by atoms with Gasteiger partial charge in [-0.2, -0.15) is 0 Å². The molecule has 1 aliphatic rings. The molecule has 116 valence electrons. The van der Waals surface area contributed by atoms with E-state index in [9.17, 15) is 4.79 Å². The average molecular weight is 298 g/mol. The highest BCUT2D eigenvalue weighted by atomic mass is 16.5. The Morgan fingerprint density at radius 2 is 1.64 bits per heavy atom. The number of hydrogen-bond acceptors (Lipinski definition) is 3. The maximum absolute atomic E-state index is 11.2. The van der Waals surface area contributed by atoms with Gasteiger partial charge in [-0.25, -0.2) is 4.79 Å². The van der Waals surface area contributed by atoms with E-state index in [1.54, 1.807) is 0 Å². The van der Waals surface area contributed by atoms with E-state index in [0.29, 0.717) is 0 Å². The molecule has 0 spiro atoms. The number of ether oxygens (including phenoxy) is 1. The zero-order valence-corrected chi connectivity index (χ0v) is 12.8. The van der Waals surface area contributed by atoms with E-state index in [1.165, 1.54) is 33.0 Å². The molecule has 0 bridgehead atoms. The second-order valence-corrected chi connectivity index (χ2v) is 4.99. The zero-order chi connectivity index (χ0) is 15.6. The number of methoxy groups -OCH3 is 1. The highest BCUT2D eigenvalue weighted by molar-refractivity contribution is 5.91. The Bertz CT molecular complexity index is 573. The van der Waals surface area contributed by atoms with Crippen LogP contribution in [0.4, 0.5) is 10.5 Å². The van der Waals surface area contributed by atoms with Gasteiger partial charge in [-0.15, -0.1) is 0 Å². The number of benzene rings is 2.